The first-order valence-electron chi connectivity index (χ1n) is 9.19. The molecule has 0 aliphatic carbocycles. The van der Waals surface area contributed by atoms with Crippen molar-refractivity contribution >= 4 is 45.2 Å². The van der Waals surface area contributed by atoms with Crippen LogP contribution in [0.2, 0.25) is 0 Å². The van der Waals surface area contributed by atoms with Crippen LogP contribution in [0, 0.1) is 6.92 Å². The van der Waals surface area contributed by atoms with E-state index >= 15 is 0 Å². The number of rotatable bonds is 8. The lowest BCUT2D eigenvalue weighted by Gasteiger charge is -2.26. The molecule has 150 valence electrons. The first-order valence-corrected chi connectivity index (χ1v) is 11.0. The Kier molecular flexibility index (Phi) is 8.13. The van der Waals surface area contributed by atoms with E-state index in [2.05, 4.69) is 52.5 Å². The van der Waals surface area contributed by atoms with E-state index in [4.69, 9.17) is 0 Å². The summed E-state index contributed by atoms with van der Waals surface area (Å²) in [5.74, 6) is 0.0699. The Bertz CT molecular complexity index is 804. The van der Waals surface area contributed by atoms with Crippen molar-refractivity contribution in [3.63, 3.8) is 0 Å². The second-order valence-corrected chi connectivity index (χ2v) is 9.72. The van der Waals surface area contributed by atoms with Crippen molar-refractivity contribution in [1.29, 1.82) is 0 Å². The minimum atomic E-state index is -0.301. The number of halogens is 1. The molecule has 0 aliphatic rings. The summed E-state index contributed by atoms with van der Waals surface area (Å²) in [6.07, 6.45) is 0. The van der Waals surface area contributed by atoms with Gasteiger partial charge < -0.3 is 10.6 Å². The number of aryl methyl sites for hydroxylation is 1. The van der Waals surface area contributed by atoms with Gasteiger partial charge in [0.25, 0.3) is 0 Å². The molecular weight excluding hydrogens is 436 g/mol. The van der Waals surface area contributed by atoms with Gasteiger partial charge in [-0.15, -0.1) is 11.8 Å². The summed E-state index contributed by atoms with van der Waals surface area (Å²) in [6.45, 7) is 8.56. The zero-order valence-electron chi connectivity index (χ0n) is 16.7. The van der Waals surface area contributed by atoms with E-state index in [-0.39, 0.29) is 28.2 Å². The number of hydrogen-bond acceptors (Lipinski definition) is 3. The van der Waals surface area contributed by atoms with Gasteiger partial charge in [0.15, 0.2) is 0 Å². The highest BCUT2D eigenvalue weighted by molar-refractivity contribution is 9.10. The van der Waals surface area contributed by atoms with Crippen LogP contribution in [0.25, 0.3) is 0 Å². The Morgan fingerprint density at radius 2 is 1.68 bits per heavy atom. The lowest BCUT2D eigenvalue weighted by molar-refractivity contribution is -0.120. The van der Waals surface area contributed by atoms with Crippen LogP contribution in [0.1, 0.15) is 31.9 Å². The highest BCUT2D eigenvalue weighted by atomic mass is 79.9. The summed E-state index contributed by atoms with van der Waals surface area (Å²) in [5.41, 5.74) is 2.89. The van der Waals surface area contributed by atoms with Crippen molar-refractivity contribution in [2.45, 2.75) is 38.4 Å². The third kappa shape index (κ3) is 6.99. The second kappa shape index (κ2) is 10.1. The van der Waals surface area contributed by atoms with Crippen molar-refractivity contribution in [2.24, 2.45) is 0 Å². The molecular formula is C22H27BrN2O2S. The van der Waals surface area contributed by atoms with Crippen LogP contribution in [0.3, 0.4) is 0 Å². The van der Waals surface area contributed by atoms with Gasteiger partial charge in [0.05, 0.1) is 11.0 Å². The maximum Gasteiger partial charge on any atom is 0.234 e. The standard InChI is InChI=1S/C22H27BrN2O2S/c1-15-5-11-19(12-6-15)25-20(26)13-28-16(2)21(27)24-14-22(3,4)17-7-9-18(23)10-8-17/h5-12,16H,13-14H2,1-4H3,(H,24,27)(H,25,26). The molecule has 0 heterocycles. The van der Waals surface area contributed by atoms with Gasteiger partial charge >= 0.3 is 0 Å². The molecule has 6 heteroatoms. The van der Waals surface area contributed by atoms with Crippen molar-refractivity contribution in [3.8, 4) is 0 Å². The number of thioether (sulfide) groups is 1. The van der Waals surface area contributed by atoms with Gasteiger partial charge in [-0.3, -0.25) is 9.59 Å². The molecule has 0 saturated heterocycles. The Hall–Kier alpha value is -1.79. The SMILES string of the molecule is Cc1ccc(NC(=O)CSC(C)C(=O)NCC(C)(C)c2ccc(Br)cc2)cc1. The molecule has 0 aliphatic heterocycles. The van der Waals surface area contributed by atoms with Gasteiger partial charge in [0, 0.05) is 22.1 Å². The lowest BCUT2D eigenvalue weighted by atomic mass is 9.84. The number of hydrogen-bond donors (Lipinski definition) is 2. The van der Waals surface area contributed by atoms with E-state index in [1.54, 1.807) is 0 Å². The van der Waals surface area contributed by atoms with Gasteiger partial charge in [-0.2, -0.15) is 0 Å². The number of anilines is 1. The fourth-order valence-corrected chi connectivity index (χ4v) is 3.54. The zero-order chi connectivity index (χ0) is 20.7. The number of carbonyl (C=O) groups is 2. The fraction of sp³-hybridized carbons (Fsp3) is 0.364. The van der Waals surface area contributed by atoms with Crippen LogP contribution in [0.5, 0.6) is 0 Å². The minimum absolute atomic E-state index is 0.0571. The summed E-state index contributed by atoms with van der Waals surface area (Å²) in [5, 5.41) is 5.56. The molecule has 2 aromatic carbocycles. The van der Waals surface area contributed by atoms with Crippen molar-refractivity contribution in [2.75, 3.05) is 17.6 Å². The van der Waals surface area contributed by atoms with E-state index in [0.29, 0.717) is 6.54 Å². The number of benzene rings is 2. The molecule has 0 spiro atoms. The molecule has 28 heavy (non-hydrogen) atoms. The van der Waals surface area contributed by atoms with Gasteiger partial charge in [-0.1, -0.05) is 59.6 Å². The van der Waals surface area contributed by atoms with Crippen LogP contribution in [-0.2, 0) is 15.0 Å². The monoisotopic (exact) mass is 462 g/mol. The maximum atomic E-state index is 12.4. The van der Waals surface area contributed by atoms with Crippen molar-refractivity contribution in [1.82, 2.24) is 5.32 Å². The summed E-state index contributed by atoms with van der Waals surface area (Å²) in [6, 6.07) is 15.8. The van der Waals surface area contributed by atoms with Gasteiger partial charge in [-0.05, 0) is 43.7 Å². The number of amides is 2. The van der Waals surface area contributed by atoms with Crippen LogP contribution >= 0.6 is 27.7 Å². The molecule has 2 rings (SSSR count). The highest BCUT2D eigenvalue weighted by Gasteiger charge is 2.23. The first-order chi connectivity index (χ1) is 13.2. The zero-order valence-corrected chi connectivity index (χ0v) is 19.1. The third-order valence-electron chi connectivity index (χ3n) is 4.50. The average Bonchev–Trinajstić information content (AvgIpc) is 2.66. The summed E-state index contributed by atoms with van der Waals surface area (Å²) in [4.78, 5) is 24.5. The quantitative estimate of drug-likeness (QED) is 0.585. The van der Waals surface area contributed by atoms with Crippen LogP contribution in [-0.4, -0.2) is 29.4 Å². The maximum absolute atomic E-state index is 12.4. The number of carbonyl (C=O) groups excluding carboxylic acids is 2. The molecule has 1 unspecified atom stereocenters. The highest BCUT2D eigenvalue weighted by Crippen LogP contribution is 2.24. The third-order valence-corrected chi connectivity index (χ3v) is 6.17. The van der Waals surface area contributed by atoms with Gasteiger partial charge in [-0.25, -0.2) is 0 Å². The van der Waals surface area contributed by atoms with E-state index < -0.39 is 0 Å². The Morgan fingerprint density at radius 1 is 1.07 bits per heavy atom. The minimum Gasteiger partial charge on any atom is -0.354 e. The molecule has 4 nitrogen and oxygen atoms in total. The van der Waals surface area contributed by atoms with Gasteiger partial charge in [0.1, 0.15) is 0 Å². The predicted molar refractivity (Wildman–Crippen MR) is 122 cm³/mol. The van der Waals surface area contributed by atoms with Crippen LogP contribution in [0.4, 0.5) is 5.69 Å². The van der Waals surface area contributed by atoms with E-state index in [0.717, 1.165) is 21.3 Å². The van der Waals surface area contributed by atoms with Crippen molar-refractivity contribution in [3.05, 3.63) is 64.1 Å². The summed E-state index contributed by atoms with van der Waals surface area (Å²) < 4.78 is 1.03. The topological polar surface area (TPSA) is 58.2 Å². The van der Waals surface area contributed by atoms with E-state index in [9.17, 15) is 9.59 Å². The average molecular weight is 463 g/mol. The lowest BCUT2D eigenvalue weighted by Crippen LogP contribution is -2.40. The molecule has 1 atom stereocenters. The van der Waals surface area contributed by atoms with Gasteiger partial charge in [0.2, 0.25) is 11.8 Å². The molecule has 2 aromatic rings. The fourth-order valence-electron chi connectivity index (χ4n) is 2.57. The molecule has 0 fully saturated rings. The second-order valence-electron chi connectivity index (χ2n) is 7.48. The largest absolute Gasteiger partial charge is 0.354 e. The Balaban J connectivity index is 1.78. The van der Waals surface area contributed by atoms with Crippen molar-refractivity contribution < 1.29 is 9.59 Å². The Labute approximate surface area is 180 Å². The molecule has 0 saturated carbocycles. The normalized spacial score (nSPS) is 12.3. The molecule has 0 radical (unpaired) electrons. The van der Waals surface area contributed by atoms with E-state index in [1.165, 1.54) is 11.8 Å². The molecule has 2 amide bonds. The summed E-state index contributed by atoms with van der Waals surface area (Å²) >= 11 is 4.77. The number of nitrogens with one attached hydrogen (secondary N) is 2. The first kappa shape index (κ1) is 22.5. The van der Waals surface area contributed by atoms with Crippen LogP contribution in [0.15, 0.2) is 53.0 Å². The Morgan fingerprint density at radius 3 is 2.29 bits per heavy atom. The van der Waals surface area contributed by atoms with E-state index in [1.807, 2.05) is 50.2 Å². The van der Waals surface area contributed by atoms with Crippen LogP contribution < -0.4 is 10.6 Å². The predicted octanol–water partition coefficient (Wildman–Crippen LogP) is 4.91. The molecule has 2 N–H and O–H groups in total. The molecule has 0 bridgehead atoms. The smallest absolute Gasteiger partial charge is 0.234 e. The summed E-state index contributed by atoms with van der Waals surface area (Å²) in [7, 11) is 0. The molecule has 0 aromatic heterocycles.